The number of hydrogen-bond donors (Lipinski definition) is 2. The average Bonchev–Trinajstić information content (AvgIpc) is 3.32. The van der Waals surface area contributed by atoms with Crippen LogP contribution in [-0.2, 0) is 6.54 Å². The number of rotatable bonds is 3. The van der Waals surface area contributed by atoms with Gasteiger partial charge in [-0.25, -0.2) is 9.37 Å². The summed E-state index contributed by atoms with van der Waals surface area (Å²) in [4.78, 5) is 15.0. The van der Waals surface area contributed by atoms with Crippen LogP contribution in [-0.4, -0.2) is 41.4 Å². The quantitative estimate of drug-likeness (QED) is 0.902. The molecule has 1 aromatic heterocycles. The van der Waals surface area contributed by atoms with Crippen molar-refractivity contribution >= 4 is 23.7 Å². The van der Waals surface area contributed by atoms with Crippen LogP contribution in [0.3, 0.4) is 0 Å². The fraction of sp³-hybridized carbons (Fsp3) is 0.353. The van der Waals surface area contributed by atoms with Crippen LogP contribution < -0.4 is 15.5 Å². The van der Waals surface area contributed by atoms with Gasteiger partial charge in [-0.15, -0.1) is 0 Å². The maximum absolute atomic E-state index is 14.2. The molecule has 7 heteroatoms. The van der Waals surface area contributed by atoms with E-state index in [1.165, 1.54) is 11.8 Å². The molecule has 4 heterocycles. The van der Waals surface area contributed by atoms with Crippen molar-refractivity contribution in [2.24, 2.45) is 4.99 Å². The van der Waals surface area contributed by atoms with Gasteiger partial charge in [0.05, 0.1) is 12.7 Å². The fourth-order valence-electron chi connectivity index (χ4n) is 3.71. The van der Waals surface area contributed by atoms with Crippen LogP contribution in [0.15, 0.2) is 29.4 Å². The summed E-state index contributed by atoms with van der Waals surface area (Å²) in [6.45, 7) is 2.54. The summed E-state index contributed by atoms with van der Waals surface area (Å²) < 4.78 is 14.2. The Bertz CT molecular complexity index is 836. The van der Waals surface area contributed by atoms with Gasteiger partial charge in [0.1, 0.15) is 0 Å². The Morgan fingerprint density at radius 1 is 1.33 bits per heavy atom. The number of benzene rings is 1. The number of hydrogen-bond acceptors (Lipinski definition) is 6. The molecule has 2 saturated heterocycles. The molecule has 3 aliphatic rings. The minimum absolute atomic E-state index is 0.214. The molecule has 0 radical (unpaired) electrons. The van der Waals surface area contributed by atoms with Crippen molar-refractivity contribution in [3.8, 4) is 0 Å². The number of fused-ring (bicyclic) bond motifs is 3. The van der Waals surface area contributed by atoms with Gasteiger partial charge in [-0.1, -0.05) is 6.07 Å². The van der Waals surface area contributed by atoms with Crippen LogP contribution in [0, 0.1) is 5.82 Å². The zero-order valence-corrected chi connectivity index (χ0v) is 13.0. The lowest BCUT2D eigenvalue weighted by Crippen LogP contribution is -2.44. The summed E-state index contributed by atoms with van der Waals surface area (Å²) in [7, 11) is 0. The lowest BCUT2D eigenvalue weighted by atomic mass is 10.1. The van der Waals surface area contributed by atoms with Gasteiger partial charge in [0.25, 0.3) is 0 Å². The molecular formula is C17H17FN6. The first kappa shape index (κ1) is 13.9. The number of anilines is 3. The van der Waals surface area contributed by atoms with Crippen molar-refractivity contribution in [3.63, 3.8) is 0 Å². The molecule has 0 saturated carbocycles. The van der Waals surface area contributed by atoms with Gasteiger partial charge in [0, 0.05) is 37.1 Å². The molecule has 5 rings (SSSR count). The van der Waals surface area contributed by atoms with E-state index in [1.807, 2.05) is 24.4 Å². The largest absolute Gasteiger partial charge is 0.338 e. The third-order valence-electron chi connectivity index (χ3n) is 4.95. The van der Waals surface area contributed by atoms with Gasteiger partial charge in [-0.05, 0) is 29.7 Å². The monoisotopic (exact) mass is 324 g/mol. The predicted octanol–water partition coefficient (Wildman–Crippen LogP) is 1.84. The molecule has 2 N–H and O–H groups in total. The molecule has 2 aromatic rings. The molecule has 6 nitrogen and oxygen atoms in total. The number of aromatic nitrogens is 2. The first-order valence-electron chi connectivity index (χ1n) is 8.18. The van der Waals surface area contributed by atoms with Crippen molar-refractivity contribution in [1.29, 1.82) is 0 Å². The van der Waals surface area contributed by atoms with Crippen LogP contribution in [0.4, 0.5) is 21.8 Å². The maximum Gasteiger partial charge on any atom is 0.227 e. The second-order valence-electron chi connectivity index (χ2n) is 6.52. The topological polar surface area (TPSA) is 65.4 Å². The van der Waals surface area contributed by atoms with Crippen molar-refractivity contribution in [2.75, 3.05) is 23.3 Å². The molecule has 2 bridgehead atoms. The third kappa shape index (κ3) is 2.24. The van der Waals surface area contributed by atoms with E-state index in [2.05, 4.69) is 30.5 Å². The Kier molecular flexibility index (Phi) is 3.02. The molecule has 24 heavy (non-hydrogen) atoms. The highest BCUT2D eigenvalue weighted by molar-refractivity contribution is 5.86. The lowest BCUT2D eigenvalue weighted by molar-refractivity contribution is 0.567. The van der Waals surface area contributed by atoms with E-state index in [4.69, 9.17) is 0 Å². The highest BCUT2D eigenvalue weighted by Crippen LogP contribution is 2.29. The van der Waals surface area contributed by atoms with Gasteiger partial charge >= 0.3 is 0 Å². The number of aliphatic imine (C=N–C) groups is 1. The van der Waals surface area contributed by atoms with E-state index < -0.39 is 5.82 Å². The summed E-state index contributed by atoms with van der Waals surface area (Å²) in [6, 6.07) is 6.81. The zero-order chi connectivity index (χ0) is 16.1. The van der Waals surface area contributed by atoms with Gasteiger partial charge in [0.2, 0.25) is 5.95 Å². The number of halogens is 1. The highest BCUT2D eigenvalue weighted by atomic mass is 19.1. The standard InChI is InChI=1S/C17H17FN6/c18-15-8-21-17(24-9-13-4-14(24)7-20-13)23-16(15)22-12-2-1-10-5-19-6-11(10)3-12/h1-3,6,8,13-14,20H,4-5,7,9H2,(H,21,22,23). The molecule has 0 spiro atoms. The van der Waals surface area contributed by atoms with E-state index in [-0.39, 0.29) is 5.82 Å². The number of nitrogens with zero attached hydrogens (tertiary/aromatic N) is 4. The van der Waals surface area contributed by atoms with Crippen LogP contribution in [0.1, 0.15) is 17.5 Å². The smallest absolute Gasteiger partial charge is 0.227 e. The van der Waals surface area contributed by atoms with Gasteiger partial charge in [-0.2, -0.15) is 4.98 Å². The summed E-state index contributed by atoms with van der Waals surface area (Å²) in [5.41, 5.74) is 3.05. The Morgan fingerprint density at radius 2 is 2.29 bits per heavy atom. The molecule has 3 aliphatic heterocycles. The van der Waals surface area contributed by atoms with Crippen molar-refractivity contribution < 1.29 is 4.39 Å². The second-order valence-corrected chi connectivity index (χ2v) is 6.52. The summed E-state index contributed by atoms with van der Waals surface area (Å²) >= 11 is 0. The first-order chi connectivity index (χ1) is 11.8. The predicted molar refractivity (Wildman–Crippen MR) is 90.6 cm³/mol. The minimum Gasteiger partial charge on any atom is -0.338 e. The molecule has 0 amide bonds. The van der Waals surface area contributed by atoms with E-state index in [1.54, 1.807) is 0 Å². The maximum atomic E-state index is 14.2. The molecular weight excluding hydrogens is 307 g/mol. The van der Waals surface area contributed by atoms with Gasteiger partial charge < -0.3 is 15.5 Å². The summed E-state index contributed by atoms with van der Waals surface area (Å²) in [5.74, 6) is 0.358. The van der Waals surface area contributed by atoms with E-state index in [0.29, 0.717) is 24.6 Å². The second kappa shape index (κ2) is 5.24. The van der Waals surface area contributed by atoms with Gasteiger partial charge in [-0.3, -0.25) is 4.99 Å². The Morgan fingerprint density at radius 3 is 3.12 bits per heavy atom. The average molecular weight is 324 g/mol. The van der Waals surface area contributed by atoms with Crippen molar-refractivity contribution in [2.45, 2.75) is 25.0 Å². The fourth-order valence-corrected chi connectivity index (χ4v) is 3.71. The van der Waals surface area contributed by atoms with Crippen molar-refractivity contribution in [3.05, 3.63) is 41.3 Å². The van der Waals surface area contributed by atoms with E-state index in [0.717, 1.165) is 30.8 Å². The highest BCUT2D eigenvalue weighted by Gasteiger charge is 2.39. The van der Waals surface area contributed by atoms with Crippen LogP contribution in [0.5, 0.6) is 0 Å². The van der Waals surface area contributed by atoms with E-state index in [9.17, 15) is 4.39 Å². The zero-order valence-electron chi connectivity index (χ0n) is 13.0. The van der Waals surface area contributed by atoms with Gasteiger partial charge in [0.15, 0.2) is 11.6 Å². The normalized spacial score (nSPS) is 23.8. The molecule has 1 aromatic carbocycles. The SMILES string of the molecule is Fc1cnc(N2CC3CC2CN3)nc1Nc1ccc2c(c1)C=NC2. The number of piperazine rings is 1. The van der Waals surface area contributed by atoms with Crippen LogP contribution in [0.2, 0.25) is 0 Å². The molecule has 2 unspecified atom stereocenters. The Hall–Kier alpha value is -2.54. The molecule has 2 fully saturated rings. The summed E-state index contributed by atoms with van der Waals surface area (Å²) in [6.07, 6.45) is 4.20. The Labute approximate surface area is 138 Å². The Balaban J connectivity index is 1.43. The number of nitrogens with one attached hydrogen (secondary N) is 2. The lowest BCUT2D eigenvalue weighted by Gasteiger charge is -2.27. The third-order valence-corrected chi connectivity index (χ3v) is 4.95. The minimum atomic E-state index is -0.449. The molecule has 122 valence electrons. The van der Waals surface area contributed by atoms with Crippen molar-refractivity contribution in [1.82, 2.24) is 15.3 Å². The van der Waals surface area contributed by atoms with E-state index >= 15 is 0 Å². The first-order valence-corrected chi connectivity index (χ1v) is 8.18. The van der Waals surface area contributed by atoms with Crippen LogP contribution >= 0.6 is 0 Å². The summed E-state index contributed by atoms with van der Waals surface area (Å²) in [5, 5.41) is 6.53. The molecule has 0 aliphatic carbocycles. The van der Waals surface area contributed by atoms with Crippen LogP contribution in [0.25, 0.3) is 0 Å². The molecule has 2 atom stereocenters.